The largest absolute Gasteiger partial charge is 0.326 e. The first-order valence-corrected chi connectivity index (χ1v) is 5.48. The standard InChI is InChI=1S/C8H8BrClN4O/c9-6-7(10)12-3-13-8(6)14-2-4(11)1-5(14)15/h3-4H,1-2,11H2. The first kappa shape index (κ1) is 10.8. The first-order chi connectivity index (χ1) is 7.09. The molecule has 2 rings (SSSR count). The van der Waals surface area contributed by atoms with E-state index in [9.17, 15) is 4.79 Å². The van der Waals surface area contributed by atoms with Gasteiger partial charge in [-0.1, -0.05) is 11.6 Å². The molecule has 15 heavy (non-hydrogen) atoms. The highest BCUT2D eigenvalue weighted by Gasteiger charge is 2.30. The van der Waals surface area contributed by atoms with E-state index in [2.05, 4.69) is 25.9 Å². The Hall–Kier alpha value is -0.720. The van der Waals surface area contributed by atoms with Crippen LogP contribution in [0.4, 0.5) is 5.82 Å². The lowest BCUT2D eigenvalue weighted by molar-refractivity contribution is -0.117. The van der Waals surface area contributed by atoms with Gasteiger partial charge in [0.15, 0.2) is 5.82 Å². The zero-order chi connectivity index (χ0) is 11.0. The molecule has 1 saturated heterocycles. The minimum absolute atomic E-state index is 0.0435. The minimum atomic E-state index is -0.141. The SMILES string of the molecule is NC1CC(=O)N(c2ncnc(Cl)c2Br)C1. The lowest BCUT2D eigenvalue weighted by Crippen LogP contribution is -2.29. The summed E-state index contributed by atoms with van der Waals surface area (Å²) in [6.07, 6.45) is 1.66. The van der Waals surface area contributed by atoms with Crippen molar-refractivity contribution < 1.29 is 4.79 Å². The third kappa shape index (κ3) is 1.97. The van der Waals surface area contributed by atoms with Crippen molar-refractivity contribution >= 4 is 39.3 Å². The van der Waals surface area contributed by atoms with Crippen LogP contribution < -0.4 is 10.6 Å². The second-order valence-corrected chi connectivity index (χ2v) is 4.42. The molecule has 1 fully saturated rings. The second kappa shape index (κ2) is 4.03. The molecule has 1 atom stereocenters. The number of hydrogen-bond donors (Lipinski definition) is 1. The van der Waals surface area contributed by atoms with Crippen LogP contribution >= 0.6 is 27.5 Å². The maximum Gasteiger partial charge on any atom is 0.229 e. The Morgan fingerprint density at radius 3 is 2.93 bits per heavy atom. The van der Waals surface area contributed by atoms with E-state index in [1.54, 1.807) is 0 Å². The van der Waals surface area contributed by atoms with Crippen molar-refractivity contribution in [1.29, 1.82) is 0 Å². The van der Waals surface area contributed by atoms with E-state index in [0.717, 1.165) is 0 Å². The van der Waals surface area contributed by atoms with Crippen molar-refractivity contribution in [1.82, 2.24) is 9.97 Å². The summed E-state index contributed by atoms with van der Waals surface area (Å²) in [7, 11) is 0. The fourth-order valence-electron chi connectivity index (χ4n) is 1.47. The molecule has 80 valence electrons. The smallest absolute Gasteiger partial charge is 0.229 e. The summed E-state index contributed by atoms with van der Waals surface area (Å²) in [5.41, 5.74) is 5.69. The molecule has 0 spiro atoms. The molecule has 1 amide bonds. The van der Waals surface area contributed by atoms with Crippen molar-refractivity contribution in [2.45, 2.75) is 12.5 Å². The van der Waals surface area contributed by atoms with Gasteiger partial charge in [-0.15, -0.1) is 0 Å². The molecule has 7 heteroatoms. The zero-order valence-corrected chi connectivity index (χ0v) is 9.99. The van der Waals surface area contributed by atoms with Crippen molar-refractivity contribution in [3.8, 4) is 0 Å². The molecule has 1 aromatic heterocycles. The number of carbonyl (C=O) groups excluding carboxylic acids is 1. The number of nitrogens with zero attached hydrogens (tertiary/aromatic N) is 3. The maximum atomic E-state index is 11.6. The molecule has 2 heterocycles. The lowest BCUT2D eigenvalue weighted by atomic mass is 10.3. The molecule has 1 unspecified atom stereocenters. The molecule has 0 bridgehead atoms. The Bertz CT molecular complexity index is 414. The van der Waals surface area contributed by atoms with Crippen LogP contribution in [-0.2, 0) is 4.79 Å². The molecule has 0 aromatic carbocycles. The van der Waals surface area contributed by atoms with Gasteiger partial charge in [0, 0.05) is 19.0 Å². The monoisotopic (exact) mass is 290 g/mol. The van der Waals surface area contributed by atoms with Crippen molar-refractivity contribution in [2.75, 3.05) is 11.4 Å². The van der Waals surface area contributed by atoms with E-state index in [-0.39, 0.29) is 17.1 Å². The normalized spacial score (nSPS) is 21.1. The predicted octanol–water partition coefficient (Wildman–Crippen LogP) is 0.956. The number of aromatic nitrogens is 2. The number of halogens is 2. The van der Waals surface area contributed by atoms with E-state index in [1.807, 2.05) is 0 Å². The van der Waals surface area contributed by atoms with Gasteiger partial charge in [0.25, 0.3) is 0 Å². The van der Waals surface area contributed by atoms with Crippen LogP contribution in [0.25, 0.3) is 0 Å². The summed E-state index contributed by atoms with van der Waals surface area (Å²) in [5, 5.41) is 0.285. The van der Waals surface area contributed by atoms with Crippen LogP contribution in [0.3, 0.4) is 0 Å². The number of rotatable bonds is 1. The van der Waals surface area contributed by atoms with E-state index < -0.39 is 0 Å². The van der Waals surface area contributed by atoms with Gasteiger partial charge in [-0.3, -0.25) is 9.69 Å². The number of anilines is 1. The van der Waals surface area contributed by atoms with Gasteiger partial charge in [-0.2, -0.15) is 0 Å². The number of nitrogens with two attached hydrogens (primary N) is 1. The highest BCUT2D eigenvalue weighted by Crippen LogP contribution is 2.31. The summed E-state index contributed by atoms with van der Waals surface area (Å²) in [6.45, 7) is 0.463. The minimum Gasteiger partial charge on any atom is -0.326 e. The van der Waals surface area contributed by atoms with Crippen LogP contribution in [0.2, 0.25) is 5.15 Å². The Kier molecular flexibility index (Phi) is 2.90. The fourth-order valence-corrected chi connectivity index (χ4v) is 2.01. The average molecular weight is 292 g/mol. The topological polar surface area (TPSA) is 72.1 Å². The molecule has 0 radical (unpaired) electrons. The average Bonchev–Trinajstić information content (AvgIpc) is 2.50. The highest BCUT2D eigenvalue weighted by molar-refractivity contribution is 9.10. The van der Waals surface area contributed by atoms with Gasteiger partial charge in [-0.25, -0.2) is 9.97 Å². The van der Waals surface area contributed by atoms with Gasteiger partial charge in [0.05, 0.1) is 4.47 Å². The Labute approximate surface area is 99.8 Å². The molecule has 2 N–H and O–H groups in total. The molecular formula is C8H8BrClN4O. The molecular weight excluding hydrogens is 283 g/mol. The van der Waals surface area contributed by atoms with Crippen LogP contribution in [-0.4, -0.2) is 28.5 Å². The quantitative estimate of drug-likeness (QED) is 0.782. The van der Waals surface area contributed by atoms with Crippen molar-refractivity contribution in [3.63, 3.8) is 0 Å². The molecule has 1 aliphatic rings. The van der Waals surface area contributed by atoms with E-state index in [0.29, 0.717) is 23.3 Å². The molecule has 1 aliphatic heterocycles. The van der Waals surface area contributed by atoms with Crippen LogP contribution in [0.1, 0.15) is 6.42 Å². The third-order valence-corrected chi connectivity index (χ3v) is 3.38. The van der Waals surface area contributed by atoms with Crippen molar-refractivity contribution in [2.24, 2.45) is 5.73 Å². The summed E-state index contributed by atoms with van der Waals surface area (Å²) in [4.78, 5) is 20.9. The lowest BCUT2D eigenvalue weighted by Gasteiger charge is -2.16. The highest BCUT2D eigenvalue weighted by atomic mass is 79.9. The summed E-state index contributed by atoms with van der Waals surface area (Å²) in [5.74, 6) is 0.436. The first-order valence-electron chi connectivity index (χ1n) is 4.31. The van der Waals surface area contributed by atoms with Crippen LogP contribution in [0.5, 0.6) is 0 Å². The number of amides is 1. The van der Waals surface area contributed by atoms with Crippen LogP contribution in [0, 0.1) is 0 Å². The molecule has 0 aliphatic carbocycles. The third-order valence-electron chi connectivity index (χ3n) is 2.14. The summed E-state index contributed by atoms with van der Waals surface area (Å²) in [6, 6.07) is -0.141. The predicted molar refractivity (Wildman–Crippen MR) is 59.7 cm³/mol. The van der Waals surface area contributed by atoms with E-state index in [4.69, 9.17) is 17.3 Å². The maximum absolute atomic E-state index is 11.6. The van der Waals surface area contributed by atoms with Gasteiger partial charge in [-0.05, 0) is 15.9 Å². The van der Waals surface area contributed by atoms with Crippen LogP contribution in [0.15, 0.2) is 10.8 Å². The fraction of sp³-hybridized carbons (Fsp3) is 0.375. The summed E-state index contributed by atoms with van der Waals surface area (Å²) >= 11 is 9.06. The molecule has 1 aromatic rings. The second-order valence-electron chi connectivity index (χ2n) is 3.27. The number of carbonyl (C=O) groups is 1. The zero-order valence-electron chi connectivity index (χ0n) is 7.65. The Balaban J connectivity index is 2.38. The van der Waals surface area contributed by atoms with Gasteiger partial charge in [0.2, 0.25) is 5.91 Å². The Morgan fingerprint density at radius 1 is 1.60 bits per heavy atom. The van der Waals surface area contributed by atoms with Crippen molar-refractivity contribution in [3.05, 3.63) is 16.0 Å². The van der Waals surface area contributed by atoms with Gasteiger partial charge >= 0.3 is 0 Å². The van der Waals surface area contributed by atoms with Gasteiger partial charge < -0.3 is 5.73 Å². The van der Waals surface area contributed by atoms with E-state index in [1.165, 1.54) is 11.2 Å². The molecule has 5 nitrogen and oxygen atoms in total. The molecule has 0 saturated carbocycles. The number of hydrogen-bond acceptors (Lipinski definition) is 4. The van der Waals surface area contributed by atoms with Gasteiger partial charge in [0.1, 0.15) is 11.5 Å². The van der Waals surface area contributed by atoms with E-state index >= 15 is 0 Å². The summed E-state index contributed by atoms with van der Waals surface area (Å²) < 4.78 is 0.522. The Morgan fingerprint density at radius 2 is 2.33 bits per heavy atom.